The van der Waals surface area contributed by atoms with E-state index in [1.165, 1.54) is 18.2 Å². The zero-order valence-corrected chi connectivity index (χ0v) is 12.9. The maximum atomic E-state index is 12.2. The summed E-state index contributed by atoms with van der Waals surface area (Å²) in [6.45, 7) is 1.84. The van der Waals surface area contributed by atoms with Crippen molar-refractivity contribution in [3.63, 3.8) is 0 Å². The van der Waals surface area contributed by atoms with E-state index in [0.29, 0.717) is 21.2 Å². The largest absolute Gasteiger partial charge is 0.573 e. The van der Waals surface area contributed by atoms with Crippen molar-refractivity contribution in [1.29, 1.82) is 0 Å². The van der Waals surface area contributed by atoms with Gasteiger partial charge in [-0.05, 0) is 41.1 Å². The second kappa shape index (κ2) is 6.04. The molecule has 2 rings (SSSR count). The molecule has 0 radical (unpaired) electrons. The van der Waals surface area contributed by atoms with E-state index in [1.54, 1.807) is 6.07 Å². The molecule has 8 heteroatoms. The molecule has 0 aliphatic carbocycles. The number of aromatic nitrogens is 2. The van der Waals surface area contributed by atoms with E-state index in [2.05, 4.69) is 14.7 Å². The van der Waals surface area contributed by atoms with Gasteiger partial charge in [0.1, 0.15) is 11.6 Å². The molecule has 1 heterocycles. The zero-order chi connectivity index (χ0) is 15.6. The molecule has 112 valence electrons. The third-order valence-electron chi connectivity index (χ3n) is 2.61. The van der Waals surface area contributed by atoms with Crippen molar-refractivity contribution in [2.75, 3.05) is 0 Å². The molecule has 0 aliphatic heterocycles. The highest BCUT2D eigenvalue weighted by Gasteiger charge is 2.31. The first-order chi connectivity index (χ1) is 9.80. The van der Waals surface area contributed by atoms with Gasteiger partial charge < -0.3 is 9.72 Å². The highest BCUT2D eigenvalue weighted by Crippen LogP contribution is 2.26. The van der Waals surface area contributed by atoms with Gasteiger partial charge >= 0.3 is 6.36 Å². The SMILES string of the molecule is CCc1nc(-c2cccc(OC(F)(F)F)c2)[nH]c(=O)c1I. The van der Waals surface area contributed by atoms with Crippen LogP contribution in [-0.2, 0) is 6.42 Å². The van der Waals surface area contributed by atoms with Gasteiger partial charge in [0.05, 0.1) is 9.26 Å². The molecule has 0 fully saturated rings. The minimum absolute atomic E-state index is 0.213. The third kappa shape index (κ3) is 3.96. The van der Waals surface area contributed by atoms with E-state index in [0.717, 1.165) is 0 Å². The first kappa shape index (κ1) is 15.8. The molecule has 0 atom stereocenters. The van der Waals surface area contributed by atoms with Gasteiger partial charge in [0.25, 0.3) is 5.56 Å². The molecule has 1 aromatic heterocycles. The summed E-state index contributed by atoms with van der Waals surface area (Å²) in [5.74, 6) is -0.149. The molecule has 0 saturated carbocycles. The van der Waals surface area contributed by atoms with Crippen LogP contribution in [0.1, 0.15) is 12.6 Å². The summed E-state index contributed by atoms with van der Waals surface area (Å²) < 4.78 is 41.0. The quantitative estimate of drug-likeness (QED) is 0.789. The lowest BCUT2D eigenvalue weighted by Crippen LogP contribution is -2.17. The Kier molecular flexibility index (Phi) is 4.55. The fraction of sp³-hybridized carbons (Fsp3) is 0.231. The zero-order valence-electron chi connectivity index (χ0n) is 10.8. The summed E-state index contributed by atoms with van der Waals surface area (Å²) in [6.07, 6.45) is -4.21. The number of benzene rings is 1. The van der Waals surface area contributed by atoms with E-state index in [1.807, 2.05) is 29.5 Å². The summed E-state index contributed by atoms with van der Waals surface area (Å²) in [5.41, 5.74) is 0.621. The molecule has 0 bridgehead atoms. The van der Waals surface area contributed by atoms with Crippen molar-refractivity contribution in [2.24, 2.45) is 0 Å². The van der Waals surface area contributed by atoms with Gasteiger partial charge in [-0.15, -0.1) is 13.2 Å². The van der Waals surface area contributed by atoms with Crippen LogP contribution in [-0.4, -0.2) is 16.3 Å². The Balaban J connectivity index is 2.45. The number of H-pyrrole nitrogens is 1. The van der Waals surface area contributed by atoms with Crippen molar-refractivity contribution in [3.05, 3.63) is 43.9 Å². The second-order valence-corrected chi connectivity index (χ2v) is 5.18. The molecule has 4 nitrogen and oxygen atoms in total. The Bertz CT molecular complexity index is 713. The number of ether oxygens (including phenoxy) is 1. The molecule has 0 unspecified atom stereocenters. The van der Waals surface area contributed by atoms with E-state index in [9.17, 15) is 18.0 Å². The average Bonchev–Trinajstić information content (AvgIpc) is 2.40. The van der Waals surface area contributed by atoms with Crippen LogP contribution in [0.3, 0.4) is 0 Å². The number of rotatable bonds is 3. The first-order valence-corrected chi connectivity index (χ1v) is 7.03. The number of hydrogen-bond acceptors (Lipinski definition) is 3. The Morgan fingerprint density at radius 2 is 2.10 bits per heavy atom. The fourth-order valence-electron chi connectivity index (χ4n) is 1.72. The predicted octanol–water partition coefficient (Wildman–Crippen LogP) is 3.50. The van der Waals surface area contributed by atoms with Crippen LogP contribution in [0.25, 0.3) is 11.4 Å². The highest BCUT2D eigenvalue weighted by molar-refractivity contribution is 14.1. The van der Waals surface area contributed by atoms with Crippen molar-refractivity contribution in [1.82, 2.24) is 9.97 Å². The maximum absolute atomic E-state index is 12.2. The molecule has 0 amide bonds. The van der Waals surface area contributed by atoms with Crippen LogP contribution in [0.2, 0.25) is 0 Å². The lowest BCUT2D eigenvalue weighted by molar-refractivity contribution is -0.274. The van der Waals surface area contributed by atoms with Crippen molar-refractivity contribution >= 4 is 22.6 Å². The second-order valence-electron chi connectivity index (χ2n) is 4.10. The van der Waals surface area contributed by atoms with Crippen LogP contribution in [0.4, 0.5) is 13.2 Å². The van der Waals surface area contributed by atoms with Crippen LogP contribution in [0.5, 0.6) is 5.75 Å². The molecule has 1 N–H and O–H groups in total. The Hall–Kier alpha value is -1.58. The molecule has 0 saturated heterocycles. The molecule has 21 heavy (non-hydrogen) atoms. The summed E-state index contributed by atoms with van der Waals surface area (Å²) in [4.78, 5) is 18.6. The van der Waals surface area contributed by atoms with E-state index < -0.39 is 6.36 Å². The monoisotopic (exact) mass is 410 g/mol. The number of alkyl halides is 3. The van der Waals surface area contributed by atoms with Gasteiger partial charge in [0.15, 0.2) is 0 Å². The predicted molar refractivity (Wildman–Crippen MR) is 79.1 cm³/mol. The molecular formula is C13H10F3IN2O2. The summed E-state index contributed by atoms with van der Waals surface area (Å²) in [6, 6.07) is 5.31. The van der Waals surface area contributed by atoms with Crippen LogP contribution < -0.4 is 10.3 Å². The Morgan fingerprint density at radius 1 is 1.38 bits per heavy atom. The molecule has 0 spiro atoms. The first-order valence-electron chi connectivity index (χ1n) is 5.95. The number of aryl methyl sites for hydroxylation is 1. The third-order valence-corrected chi connectivity index (χ3v) is 3.72. The van der Waals surface area contributed by atoms with Gasteiger partial charge in [-0.1, -0.05) is 19.1 Å². The number of aromatic amines is 1. The van der Waals surface area contributed by atoms with E-state index >= 15 is 0 Å². The standard InChI is InChI=1S/C13H10F3IN2O2/c1-2-9-10(17)12(20)19-11(18-9)7-4-3-5-8(6-7)21-13(14,15)16/h3-6H,2H2,1H3,(H,18,19,20). The van der Waals surface area contributed by atoms with Gasteiger partial charge in [-0.25, -0.2) is 4.98 Å². The lowest BCUT2D eigenvalue weighted by atomic mass is 10.2. The lowest BCUT2D eigenvalue weighted by Gasteiger charge is -2.10. The van der Waals surface area contributed by atoms with Gasteiger partial charge in [-0.3, -0.25) is 4.79 Å². The Labute approximate surface area is 131 Å². The number of hydrogen-bond donors (Lipinski definition) is 1. The number of nitrogens with one attached hydrogen (secondary N) is 1. The molecule has 0 aliphatic rings. The number of nitrogens with zero attached hydrogens (tertiary/aromatic N) is 1. The van der Waals surface area contributed by atoms with Gasteiger partial charge in [-0.2, -0.15) is 0 Å². The fourth-order valence-corrected chi connectivity index (χ4v) is 2.35. The number of halogens is 4. The minimum Gasteiger partial charge on any atom is -0.406 e. The Morgan fingerprint density at radius 3 is 2.71 bits per heavy atom. The van der Waals surface area contributed by atoms with Crippen LogP contribution >= 0.6 is 22.6 Å². The summed E-state index contributed by atoms with van der Waals surface area (Å²) in [7, 11) is 0. The molecule has 2 aromatic rings. The van der Waals surface area contributed by atoms with Crippen LogP contribution in [0, 0.1) is 3.57 Å². The van der Waals surface area contributed by atoms with Crippen molar-refractivity contribution in [3.8, 4) is 17.1 Å². The highest BCUT2D eigenvalue weighted by atomic mass is 127. The summed E-state index contributed by atoms with van der Waals surface area (Å²) in [5, 5.41) is 0. The van der Waals surface area contributed by atoms with Crippen LogP contribution in [0.15, 0.2) is 29.1 Å². The van der Waals surface area contributed by atoms with E-state index in [4.69, 9.17) is 0 Å². The normalized spacial score (nSPS) is 11.5. The van der Waals surface area contributed by atoms with Gasteiger partial charge in [0, 0.05) is 5.56 Å². The topological polar surface area (TPSA) is 55.0 Å². The smallest absolute Gasteiger partial charge is 0.406 e. The van der Waals surface area contributed by atoms with E-state index in [-0.39, 0.29) is 17.1 Å². The summed E-state index contributed by atoms with van der Waals surface area (Å²) >= 11 is 1.89. The maximum Gasteiger partial charge on any atom is 0.573 e. The minimum atomic E-state index is -4.76. The van der Waals surface area contributed by atoms with Gasteiger partial charge in [0.2, 0.25) is 0 Å². The molecular weight excluding hydrogens is 400 g/mol. The molecule has 1 aromatic carbocycles. The average molecular weight is 410 g/mol. The van der Waals surface area contributed by atoms with Crippen molar-refractivity contribution < 1.29 is 17.9 Å². The van der Waals surface area contributed by atoms with Crippen molar-refractivity contribution in [2.45, 2.75) is 19.7 Å².